The van der Waals surface area contributed by atoms with Crippen molar-refractivity contribution in [1.29, 1.82) is 0 Å². The third kappa shape index (κ3) is 3.91. The normalized spacial score (nSPS) is 20.0. The fourth-order valence-corrected chi connectivity index (χ4v) is 2.19. The van der Waals surface area contributed by atoms with Crippen molar-refractivity contribution in [2.75, 3.05) is 25.9 Å². The molecule has 14 heavy (non-hydrogen) atoms. The molecule has 1 fully saturated rings. The van der Waals surface area contributed by atoms with Gasteiger partial charge in [-0.15, -0.1) is 0 Å². The van der Waals surface area contributed by atoms with Crippen LogP contribution in [0.4, 0.5) is 0 Å². The van der Waals surface area contributed by atoms with E-state index in [4.69, 9.17) is 10.9 Å². The minimum atomic E-state index is -3.35. The van der Waals surface area contributed by atoms with Crippen LogP contribution in [0.1, 0.15) is 12.8 Å². The molecule has 0 aliphatic heterocycles. The molecule has 84 valence electrons. The quantitative estimate of drug-likeness (QED) is 0.598. The fourth-order valence-electron chi connectivity index (χ4n) is 1.65. The molecule has 1 saturated carbocycles. The summed E-state index contributed by atoms with van der Waals surface area (Å²) in [7, 11) is -1.44. The molecule has 0 aromatic rings. The number of hydrogen-bond donors (Lipinski definition) is 2. The van der Waals surface area contributed by atoms with E-state index < -0.39 is 10.0 Å². The van der Waals surface area contributed by atoms with Gasteiger partial charge in [-0.1, -0.05) is 0 Å². The third-order valence-corrected chi connectivity index (χ3v) is 3.45. The van der Waals surface area contributed by atoms with Gasteiger partial charge in [0.2, 0.25) is 10.0 Å². The molecule has 1 aliphatic carbocycles. The molecule has 0 heterocycles. The maximum atomic E-state index is 10.8. The van der Waals surface area contributed by atoms with Crippen LogP contribution in [-0.4, -0.2) is 45.2 Å². The zero-order valence-electron chi connectivity index (χ0n) is 8.52. The van der Waals surface area contributed by atoms with E-state index in [0.717, 1.165) is 0 Å². The lowest BCUT2D eigenvalue weighted by Gasteiger charge is -2.26. The Morgan fingerprint density at radius 2 is 2.07 bits per heavy atom. The second-order valence-electron chi connectivity index (χ2n) is 3.99. The summed E-state index contributed by atoms with van der Waals surface area (Å²) in [4.78, 5) is 2.00. The Hall–Kier alpha value is -0.170. The molecule has 0 saturated heterocycles. The van der Waals surface area contributed by atoms with Crippen molar-refractivity contribution >= 4 is 10.0 Å². The SMILES string of the molecule is CN(CCS(N)(=O)=O)C(CN)C1CC1. The van der Waals surface area contributed by atoms with Crippen molar-refractivity contribution in [1.82, 2.24) is 4.90 Å². The lowest BCUT2D eigenvalue weighted by Crippen LogP contribution is -2.42. The van der Waals surface area contributed by atoms with Crippen molar-refractivity contribution in [3.05, 3.63) is 0 Å². The van der Waals surface area contributed by atoms with Gasteiger partial charge in [0, 0.05) is 19.1 Å². The number of rotatable bonds is 6. The molecule has 0 aromatic carbocycles. The molecule has 4 N–H and O–H groups in total. The molecule has 5 nitrogen and oxygen atoms in total. The average molecular weight is 221 g/mol. The lowest BCUT2D eigenvalue weighted by molar-refractivity contribution is 0.235. The summed E-state index contributed by atoms with van der Waals surface area (Å²) in [6, 6.07) is 0.316. The largest absolute Gasteiger partial charge is 0.329 e. The maximum absolute atomic E-state index is 10.8. The van der Waals surface area contributed by atoms with E-state index in [1.54, 1.807) is 0 Å². The van der Waals surface area contributed by atoms with Crippen LogP contribution in [0, 0.1) is 5.92 Å². The summed E-state index contributed by atoms with van der Waals surface area (Å²) in [5.41, 5.74) is 5.63. The Kier molecular flexibility index (Phi) is 3.88. The van der Waals surface area contributed by atoms with E-state index in [0.29, 0.717) is 25.0 Å². The van der Waals surface area contributed by atoms with Crippen LogP contribution in [0.3, 0.4) is 0 Å². The minimum Gasteiger partial charge on any atom is -0.329 e. The number of nitrogens with zero attached hydrogens (tertiary/aromatic N) is 1. The van der Waals surface area contributed by atoms with Gasteiger partial charge in [0.15, 0.2) is 0 Å². The predicted octanol–water partition coefficient (Wildman–Crippen LogP) is -1.06. The third-order valence-electron chi connectivity index (χ3n) is 2.70. The summed E-state index contributed by atoms with van der Waals surface area (Å²) in [6.07, 6.45) is 2.42. The highest BCUT2D eigenvalue weighted by Crippen LogP contribution is 2.34. The van der Waals surface area contributed by atoms with E-state index in [2.05, 4.69) is 0 Å². The Labute approximate surface area is 85.5 Å². The summed E-state index contributed by atoms with van der Waals surface area (Å²) >= 11 is 0. The Balaban J connectivity index is 2.35. The number of hydrogen-bond acceptors (Lipinski definition) is 4. The zero-order chi connectivity index (χ0) is 10.8. The summed E-state index contributed by atoms with van der Waals surface area (Å²) in [5.74, 6) is 0.665. The monoisotopic (exact) mass is 221 g/mol. The van der Waals surface area contributed by atoms with Gasteiger partial charge in [0.25, 0.3) is 0 Å². The smallest absolute Gasteiger partial charge is 0.210 e. The Morgan fingerprint density at radius 3 is 2.43 bits per heavy atom. The van der Waals surface area contributed by atoms with Gasteiger partial charge in [0.05, 0.1) is 5.75 Å². The molecular weight excluding hydrogens is 202 g/mol. The van der Waals surface area contributed by atoms with Crippen molar-refractivity contribution < 1.29 is 8.42 Å². The molecule has 1 unspecified atom stereocenters. The first-order valence-corrected chi connectivity index (χ1v) is 6.56. The lowest BCUT2D eigenvalue weighted by atomic mass is 10.1. The molecule has 0 spiro atoms. The van der Waals surface area contributed by atoms with Gasteiger partial charge < -0.3 is 10.6 Å². The van der Waals surface area contributed by atoms with E-state index >= 15 is 0 Å². The first kappa shape index (κ1) is 11.9. The van der Waals surface area contributed by atoms with E-state index in [-0.39, 0.29) is 5.75 Å². The van der Waals surface area contributed by atoms with Crippen molar-refractivity contribution in [2.45, 2.75) is 18.9 Å². The summed E-state index contributed by atoms with van der Waals surface area (Å²) < 4.78 is 21.5. The predicted molar refractivity (Wildman–Crippen MR) is 56.2 cm³/mol. The number of sulfonamides is 1. The number of primary sulfonamides is 1. The first-order valence-electron chi connectivity index (χ1n) is 4.85. The van der Waals surface area contributed by atoms with Gasteiger partial charge >= 0.3 is 0 Å². The zero-order valence-corrected chi connectivity index (χ0v) is 9.33. The van der Waals surface area contributed by atoms with Crippen LogP contribution in [0.25, 0.3) is 0 Å². The molecule has 0 radical (unpaired) electrons. The first-order chi connectivity index (χ1) is 6.44. The molecule has 1 atom stereocenters. The topological polar surface area (TPSA) is 89.4 Å². The van der Waals surface area contributed by atoms with Crippen LogP contribution in [-0.2, 0) is 10.0 Å². The number of likely N-dealkylation sites (N-methyl/N-ethyl adjacent to an activating group) is 1. The van der Waals surface area contributed by atoms with Crippen LogP contribution in [0.5, 0.6) is 0 Å². The standard InChI is InChI=1S/C8H19N3O2S/c1-11(4-5-14(10,12)13)8(6-9)7-2-3-7/h7-8H,2-6,9H2,1H3,(H2,10,12,13). The van der Waals surface area contributed by atoms with E-state index in [1.807, 2.05) is 11.9 Å². The van der Waals surface area contributed by atoms with Crippen LogP contribution in [0.2, 0.25) is 0 Å². The molecule has 0 bridgehead atoms. The molecule has 0 amide bonds. The number of nitrogens with two attached hydrogens (primary N) is 2. The van der Waals surface area contributed by atoms with E-state index in [1.165, 1.54) is 12.8 Å². The van der Waals surface area contributed by atoms with Gasteiger partial charge in [-0.3, -0.25) is 0 Å². The highest BCUT2D eigenvalue weighted by Gasteiger charge is 2.32. The maximum Gasteiger partial charge on any atom is 0.210 e. The van der Waals surface area contributed by atoms with Crippen molar-refractivity contribution in [3.63, 3.8) is 0 Å². The van der Waals surface area contributed by atoms with Gasteiger partial charge in [-0.25, -0.2) is 13.6 Å². The Bertz CT molecular complexity index is 274. The van der Waals surface area contributed by atoms with Gasteiger partial charge in [0.1, 0.15) is 0 Å². The highest BCUT2D eigenvalue weighted by molar-refractivity contribution is 7.89. The second-order valence-corrected chi connectivity index (χ2v) is 5.72. The minimum absolute atomic E-state index is 0.00667. The van der Waals surface area contributed by atoms with Crippen molar-refractivity contribution in [3.8, 4) is 0 Å². The fraction of sp³-hybridized carbons (Fsp3) is 1.00. The summed E-state index contributed by atoms with van der Waals surface area (Å²) in [5, 5.41) is 4.93. The molecule has 6 heteroatoms. The summed E-state index contributed by atoms with van der Waals surface area (Å²) in [6.45, 7) is 1.06. The molecule has 1 aliphatic rings. The van der Waals surface area contributed by atoms with Gasteiger partial charge in [-0.2, -0.15) is 0 Å². The van der Waals surface area contributed by atoms with Crippen LogP contribution in [0.15, 0.2) is 0 Å². The molecule has 1 rings (SSSR count). The average Bonchev–Trinajstić information content (AvgIpc) is 2.85. The second kappa shape index (κ2) is 4.57. The Morgan fingerprint density at radius 1 is 1.50 bits per heavy atom. The van der Waals surface area contributed by atoms with Gasteiger partial charge in [-0.05, 0) is 25.8 Å². The highest BCUT2D eigenvalue weighted by atomic mass is 32.2. The van der Waals surface area contributed by atoms with Crippen molar-refractivity contribution in [2.24, 2.45) is 16.8 Å². The van der Waals surface area contributed by atoms with Crippen LogP contribution < -0.4 is 10.9 Å². The molecule has 0 aromatic heterocycles. The van der Waals surface area contributed by atoms with E-state index in [9.17, 15) is 8.42 Å². The van der Waals surface area contributed by atoms with Crippen LogP contribution >= 0.6 is 0 Å². The molecular formula is C8H19N3O2S.